The molecular weight excluding hydrogens is 270 g/mol. The van der Waals surface area contributed by atoms with Crippen LogP contribution in [0.4, 0.5) is 0 Å². The first-order valence-corrected chi connectivity index (χ1v) is 7.48. The molecule has 3 rings (SSSR count). The molecule has 0 aromatic carbocycles. The van der Waals surface area contributed by atoms with E-state index < -0.39 is 0 Å². The van der Waals surface area contributed by atoms with Crippen LogP contribution in [0.25, 0.3) is 0 Å². The molecule has 0 spiro atoms. The topological polar surface area (TPSA) is 65.4 Å². The van der Waals surface area contributed by atoms with E-state index in [1.807, 2.05) is 20.9 Å². The lowest BCUT2D eigenvalue weighted by Gasteiger charge is -2.26. The standard InChI is InChI=1S/C15H23N3O3/c1-9-7-11-12(17-18(3)13(11)10(2)21-9)14(19)16-15(5-6-15)8-20-4/h9-10H,5-8H2,1-4H3,(H,16,19)/t9-,10+/m0/s1. The van der Waals surface area contributed by atoms with Crippen LogP contribution in [-0.2, 0) is 22.9 Å². The van der Waals surface area contributed by atoms with Crippen molar-refractivity contribution in [2.24, 2.45) is 7.05 Å². The van der Waals surface area contributed by atoms with Crippen molar-refractivity contribution in [2.45, 2.75) is 50.9 Å². The predicted molar refractivity (Wildman–Crippen MR) is 77.2 cm³/mol. The van der Waals surface area contributed by atoms with E-state index in [0.29, 0.717) is 12.3 Å². The molecule has 6 heteroatoms. The Bertz CT molecular complexity index is 563. The van der Waals surface area contributed by atoms with Crippen LogP contribution < -0.4 is 5.32 Å². The van der Waals surface area contributed by atoms with E-state index in [0.717, 1.165) is 30.5 Å². The summed E-state index contributed by atoms with van der Waals surface area (Å²) in [5.41, 5.74) is 2.39. The Labute approximate surface area is 124 Å². The quantitative estimate of drug-likeness (QED) is 0.910. The Kier molecular flexibility index (Phi) is 3.53. The molecule has 1 saturated carbocycles. The molecule has 1 N–H and O–H groups in total. The average molecular weight is 293 g/mol. The number of rotatable bonds is 4. The molecule has 0 bridgehead atoms. The minimum Gasteiger partial charge on any atom is -0.382 e. The van der Waals surface area contributed by atoms with Gasteiger partial charge in [-0.25, -0.2) is 0 Å². The Morgan fingerprint density at radius 3 is 2.86 bits per heavy atom. The number of ether oxygens (including phenoxy) is 2. The number of nitrogens with zero attached hydrogens (tertiary/aromatic N) is 2. The summed E-state index contributed by atoms with van der Waals surface area (Å²) in [6, 6.07) is 0. The number of amides is 1. The van der Waals surface area contributed by atoms with E-state index in [9.17, 15) is 4.79 Å². The van der Waals surface area contributed by atoms with Crippen LogP contribution in [0.5, 0.6) is 0 Å². The molecule has 0 saturated heterocycles. The first-order valence-electron chi connectivity index (χ1n) is 7.48. The molecule has 2 heterocycles. The summed E-state index contributed by atoms with van der Waals surface area (Å²) in [5, 5.41) is 7.53. The van der Waals surface area contributed by atoms with Gasteiger partial charge in [0.1, 0.15) is 0 Å². The zero-order chi connectivity index (χ0) is 15.2. The van der Waals surface area contributed by atoms with Gasteiger partial charge in [-0.2, -0.15) is 5.10 Å². The van der Waals surface area contributed by atoms with Gasteiger partial charge in [-0.1, -0.05) is 0 Å². The van der Waals surface area contributed by atoms with Crippen LogP contribution >= 0.6 is 0 Å². The molecule has 0 radical (unpaired) electrons. The smallest absolute Gasteiger partial charge is 0.272 e. The minimum absolute atomic E-state index is 0.0309. The molecule has 6 nitrogen and oxygen atoms in total. The number of hydrogen-bond donors (Lipinski definition) is 1. The van der Waals surface area contributed by atoms with Crippen molar-refractivity contribution in [3.05, 3.63) is 17.0 Å². The monoisotopic (exact) mass is 293 g/mol. The molecule has 21 heavy (non-hydrogen) atoms. The minimum atomic E-state index is -0.182. The van der Waals surface area contributed by atoms with Crippen LogP contribution in [0.15, 0.2) is 0 Å². The van der Waals surface area contributed by atoms with Gasteiger partial charge in [0, 0.05) is 26.1 Å². The van der Waals surface area contributed by atoms with E-state index in [2.05, 4.69) is 10.4 Å². The maximum atomic E-state index is 12.6. The van der Waals surface area contributed by atoms with Gasteiger partial charge in [0.15, 0.2) is 5.69 Å². The van der Waals surface area contributed by atoms with Gasteiger partial charge < -0.3 is 14.8 Å². The normalized spacial score (nSPS) is 26.3. The van der Waals surface area contributed by atoms with Gasteiger partial charge >= 0.3 is 0 Å². The summed E-state index contributed by atoms with van der Waals surface area (Å²) in [5.74, 6) is -0.0947. The third-order valence-electron chi connectivity index (χ3n) is 4.37. The molecule has 1 amide bonds. The number of aryl methyl sites for hydroxylation is 1. The summed E-state index contributed by atoms with van der Waals surface area (Å²) >= 11 is 0. The number of carbonyl (C=O) groups excluding carboxylic acids is 1. The summed E-state index contributed by atoms with van der Waals surface area (Å²) in [6.07, 6.45) is 2.75. The predicted octanol–water partition coefficient (Wildman–Crippen LogP) is 1.35. The van der Waals surface area contributed by atoms with E-state index in [1.165, 1.54) is 0 Å². The maximum absolute atomic E-state index is 12.6. The molecule has 2 aliphatic rings. The number of nitrogens with one attached hydrogen (secondary N) is 1. The van der Waals surface area contributed by atoms with Gasteiger partial charge in [0.2, 0.25) is 0 Å². The molecule has 1 aromatic heterocycles. The molecule has 116 valence electrons. The maximum Gasteiger partial charge on any atom is 0.272 e. The first-order chi connectivity index (χ1) is 9.96. The fourth-order valence-electron chi connectivity index (χ4n) is 3.25. The van der Waals surface area contributed by atoms with Crippen molar-refractivity contribution in [3.63, 3.8) is 0 Å². The molecule has 1 aromatic rings. The lowest BCUT2D eigenvalue weighted by molar-refractivity contribution is -0.00903. The highest BCUT2D eigenvalue weighted by Gasteiger charge is 2.45. The van der Waals surface area contributed by atoms with Crippen molar-refractivity contribution >= 4 is 5.91 Å². The third kappa shape index (κ3) is 2.58. The number of fused-ring (bicyclic) bond motifs is 1. The van der Waals surface area contributed by atoms with Crippen LogP contribution in [-0.4, -0.2) is 41.0 Å². The largest absolute Gasteiger partial charge is 0.382 e. The Morgan fingerprint density at radius 2 is 2.24 bits per heavy atom. The van der Waals surface area contributed by atoms with Gasteiger partial charge in [0.25, 0.3) is 5.91 Å². The Morgan fingerprint density at radius 1 is 1.52 bits per heavy atom. The molecule has 1 fully saturated rings. The number of hydrogen-bond acceptors (Lipinski definition) is 4. The Hall–Kier alpha value is -1.40. The lowest BCUT2D eigenvalue weighted by atomic mass is 9.99. The fraction of sp³-hybridized carbons (Fsp3) is 0.733. The van der Waals surface area contributed by atoms with E-state index in [4.69, 9.17) is 9.47 Å². The lowest BCUT2D eigenvalue weighted by Crippen LogP contribution is -2.41. The molecule has 2 atom stereocenters. The van der Waals surface area contributed by atoms with Crippen LogP contribution in [0.3, 0.4) is 0 Å². The first kappa shape index (κ1) is 14.5. The number of carbonyl (C=O) groups is 1. The van der Waals surface area contributed by atoms with Crippen molar-refractivity contribution in [2.75, 3.05) is 13.7 Å². The van der Waals surface area contributed by atoms with Crippen molar-refractivity contribution in [1.82, 2.24) is 15.1 Å². The van der Waals surface area contributed by atoms with Crippen molar-refractivity contribution in [1.29, 1.82) is 0 Å². The summed E-state index contributed by atoms with van der Waals surface area (Å²) in [4.78, 5) is 12.6. The van der Waals surface area contributed by atoms with Gasteiger partial charge in [-0.05, 0) is 26.7 Å². The third-order valence-corrected chi connectivity index (χ3v) is 4.37. The van der Waals surface area contributed by atoms with Crippen LogP contribution in [0.1, 0.15) is 54.5 Å². The van der Waals surface area contributed by atoms with Gasteiger partial charge in [0.05, 0.1) is 30.0 Å². The Balaban J connectivity index is 1.86. The second-order valence-corrected chi connectivity index (χ2v) is 6.30. The second kappa shape index (κ2) is 5.10. The molecule has 1 aliphatic carbocycles. The van der Waals surface area contributed by atoms with E-state index in [1.54, 1.807) is 11.8 Å². The average Bonchev–Trinajstić information content (AvgIpc) is 3.05. The number of aromatic nitrogens is 2. The highest BCUT2D eigenvalue weighted by molar-refractivity contribution is 5.95. The highest BCUT2D eigenvalue weighted by Crippen LogP contribution is 2.37. The summed E-state index contributed by atoms with van der Waals surface area (Å²) < 4.78 is 12.8. The molecule has 0 unspecified atom stereocenters. The van der Waals surface area contributed by atoms with Gasteiger partial charge in [-0.3, -0.25) is 9.48 Å². The zero-order valence-electron chi connectivity index (χ0n) is 13.1. The zero-order valence-corrected chi connectivity index (χ0v) is 13.1. The molecule has 1 aliphatic heterocycles. The van der Waals surface area contributed by atoms with Gasteiger partial charge in [-0.15, -0.1) is 0 Å². The number of methoxy groups -OCH3 is 1. The van der Waals surface area contributed by atoms with E-state index in [-0.39, 0.29) is 23.7 Å². The summed E-state index contributed by atoms with van der Waals surface area (Å²) in [7, 11) is 3.53. The SMILES string of the molecule is COCC1(NC(=O)c2nn(C)c3c2C[C@H](C)O[C@@H]3C)CC1. The van der Waals surface area contributed by atoms with E-state index >= 15 is 0 Å². The van der Waals surface area contributed by atoms with Crippen LogP contribution in [0.2, 0.25) is 0 Å². The second-order valence-electron chi connectivity index (χ2n) is 6.30. The fourth-order valence-corrected chi connectivity index (χ4v) is 3.25. The van der Waals surface area contributed by atoms with Crippen molar-refractivity contribution in [3.8, 4) is 0 Å². The van der Waals surface area contributed by atoms with Crippen molar-refractivity contribution < 1.29 is 14.3 Å². The van der Waals surface area contributed by atoms with Crippen LogP contribution in [0, 0.1) is 0 Å². The molecular formula is C15H23N3O3. The highest BCUT2D eigenvalue weighted by atomic mass is 16.5. The summed E-state index contributed by atoms with van der Waals surface area (Å²) in [6.45, 7) is 4.59.